The molecule has 346 valence electrons. The average Bonchev–Trinajstić information content (AvgIpc) is 3.61. The minimum atomic E-state index is -1.90. The lowest BCUT2D eigenvalue weighted by Crippen LogP contribution is -2.44. The van der Waals surface area contributed by atoms with Gasteiger partial charge in [-0.15, -0.1) is 0 Å². The summed E-state index contributed by atoms with van der Waals surface area (Å²) in [6, 6.07) is 6.91. The molecule has 0 aliphatic carbocycles. The number of benzene rings is 1. The van der Waals surface area contributed by atoms with E-state index in [1.54, 1.807) is 35.8 Å². The van der Waals surface area contributed by atoms with Crippen LogP contribution in [0.4, 0.5) is 9.59 Å². The Morgan fingerprint density at radius 2 is 1.44 bits per heavy atom. The molecule has 0 saturated heterocycles. The van der Waals surface area contributed by atoms with Gasteiger partial charge in [-0.05, 0) is 76.3 Å². The van der Waals surface area contributed by atoms with Crippen molar-refractivity contribution in [3.05, 3.63) is 56.9 Å². The zero-order chi connectivity index (χ0) is 45.4. The highest BCUT2D eigenvalue weighted by atomic mass is 16.6. The lowest BCUT2D eigenvalue weighted by molar-refractivity contribution is -0.172. The Balaban J connectivity index is 0.889. The molecule has 0 fully saturated rings. The summed E-state index contributed by atoms with van der Waals surface area (Å²) in [6.45, 7) is 13.1. The minimum Gasteiger partial charge on any atom is -0.460 e. The molecule has 2 amide bonds. The number of cyclic esters (lactones) is 1. The predicted octanol–water partition coefficient (Wildman–Crippen LogP) is 4.82. The highest BCUT2D eigenvalue weighted by Crippen LogP contribution is 2.40. The molecular weight excluding hydrogens is 821 g/mol. The molecule has 1 atom stereocenters. The Bertz CT molecular complexity index is 2120. The Hall–Kier alpha value is -5.14. The number of amides is 2. The lowest BCUT2D eigenvalue weighted by Gasteiger charge is -2.31. The number of esters is 2. The van der Waals surface area contributed by atoms with Crippen LogP contribution < -0.4 is 20.9 Å². The molecule has 63 heavy (non-hydrogen) atoms. The number of hydrogen-bond donors (Lipinski definition) is 3. The fraction of sp³-hybridized carbons (Fsp3) is 0.600. The molecule has 5 rings (SSSR count). The first-order chi connectivity index (χ1) is 30.3. The molecule has 3 aromatic rings. The van der Waals surface area contributed by atoms with Crippen LogP contribution in [-0.2, 0) is 67.9 Å². The topological polar surface area (TPSA) is 221 Å². The first kappa shape index (κ1) is 48.9. The third kappa shape index (κ3) is 13.7. The fourth-order valence-electron chi connectivity index (χ4n) is 7.29. The Morgan fingerprint density at radius 3 is 2.06 bits per heavy atom. The van der Waals surface area contributed by atoms with Gasteiger partial charge >= 0.3 is 24.1 Å². The maximum atomic E-state index is 13.6. The number of aromatic nitrogens is 2. The Kier molecular flexibility index (Phi) is 18.2. The number of fused-ring (bicyclic) bond motifs is 5. The maximum absolute atomic E-state index is 13.6. The minimum absolute atomic E-state index is 0.0621. The normalized spacial score (nSPS) is 15.3. The summed E-state index contributed by atoms with van der Waals surface area (Å²) in [5, 5.41) is 17.5. The molecular formula is C45H62N4O14. The number of nitrogens with zero attached hydrogens (tertiary/aromatic N) is 2. The number of alkyl carbamates (subject to hydrolysis) is 1. The van der Waals surface area contributed by atoms with Crippen LogP contribution in [0.3, 0.4) is 0 Å². The van der Waals surface area contributed by atoms with E-state index < -0.39 is 29.4 Å². The number of unbranched alkanes of at least 4 members (excludes halogenated alkanes) is 3. The number of ether oxygens (including phenoxy) is 8. The number of carbonyl (C=O) groups excluding carboxylic acids is 4. The van der Waals surface area contributed by atoms with Crippen molar-refractivity contribution >= 4 is 35.0 Å². The van der Waals surface area contributed by atoms with Crippen LogP contribution in [0.25, 0.3) is 22.3 Å². The molecule has 3 N–H and O–H groups in total. The number of pyridine rings is 2. The standard InChI is InChI=1S/C45H62N4O14/c1-6-31-32-26-30(12-13-36(32)48-39-33(31)28-49-37(39)27-35-34(40(49)51)29-61-41(52)45(35,55)7-2)62-43(54)47-16-11-9-8-10-15-46-42(53)60-25-24-59-23-22-58-21-20-57-19-18-56-17-14-38(50)63-44(3,4)5/h12-13,26-27,55H,6-11,14-25,28-29H2,1-5H3,(H,46,53)(H,47,54)/t45-/m1/s1. The molecule has 0 unspecified atom stereocenters. The number of carbonyl (C=O) groups is 4. The number of rotatable bonds is 25. The van der Waals surface area contributed by atoms with E-state index >= 15 is 0 Å². The smallest absolute Gasteiger partial charge is 0.412 e. The monoisotopic (exact) mass is 882 g/mol. The van der Waals surface area contributed by atoms with Crippen LogP contribution in [0.1, 0.15) is 95.4 Å². The zero-order valence-corrected chi connectivity index (χ0v) is 37.1. The molecule has 2 aliphatic heterocycles. The molecule has 4 heterocycles. The van der Waals surface area contributed by atoms with Crippen molar-refractivity contribution in [2.24, 2.45) is 0 Å². The SMILES string of the molecule is CCc1c2c(nc3ccc(OC(=O)NCCCCCCNC(=O)OCCOCCOCCOCCOCCC(=O)OC(C)(C)C)cc13)-c1cc3c(c(=O)n1C2)COC(=O)[C@@]3(O)CC. The Labute approximate surface area is 367 Å². The number of aliphatic hydroxyl groups is 1. The van der Waals surface area contributed by atoms with E-state index in [1.165, 1.54) is 0 Å². The highest BCUT2D eigenvalue weighted by molar-refractivity contribution is 5.90. The van der Waals surface area contributed by atoms with Crippen LogP contribution in [0.15, 0.2) is 29.1 Å². The zero-order valence-electron chi connectivity index (χ0n) is 37.1. The van der Waals surface area contributed by atoms with E-state index in [0.29, 0.717) is 81.8 Å². The maximum Gasteiger partial charge on any atom is 0.412 e. The van der Waals surface area contributed by atoms with Gasteiger partial charge in [-0.2, -0.15) is 0 Å². The second-order valence-corrected chi connectivity index (χ2v) is 16.1. The third-order valence-corrected chi connectivity index (χ3v) is 10.4. The first-order valence-corrected chi connectivity index (χ1v) is 21.8. The van der Waals surface area contributed by atoms with Gasteiger partial charge in [-0.25, -0.2) is 19.4 Å². The van der Waals surface area contributed by atoms with Crippen molar-refractivity contribution in [2.75, 3.05) is 72.6 Å². The van der Waals surface area contributed by atoms with Crippen molar-refractivity contribution in [1.82, 2.24) is 20.2 Å². The van der Waals surface area contributed by atoms with Crippen molar-refractivity contribution in [2.45, 2.75) is 104 Å². The second-order valence-electron chi connectivity index (χ2n) is 16.1. The highest BCUT2D eigenvalue weighted by Gasteiger charge is 2.45. The van der Waals surface area contributed by atoms with Crippen molar-refractivity contribution in [3.63, 3.8) is 0 Å². The summed E-state index contributed by atoms with van der Waals surface area (Å²) in [4.78, 5) is 67.3. The van der Waals surface area contributed by atoms with E-state index in [2.05, 4.69) is 10.6 Å². The predicted molar refractivity (Wildman–Crippen MR) is 229 cm³/mol. The Morgan fingerprint density at radius 1 is 0.825 bits per heavy atom. The summed E-state index contributed by atoms with van der Waals surface area (Å²) in [6.07, 6.45) is 2.97. The largest absolute Gasteiger partial charge is 0.460 e. The van der Waals surface area contributed by atoms with Crippen LogP contribution in [-0.4, -0.2) is 117 Å². The van der Waals surface area contributed by atoms with Crippen molar-refractivity contribution in [1.29, 1.82) is 0 Å². The first-order valence-electron chi connectivity index (χ1n) is 21.8. The summed E-state index contributed by atoms with van der Waals surface area (Å²) in [5.41, 5.74) is 1.44. The number of aryl methyl sites for hydroxylation is 1. The summed E-state index contributed by atoms with van der Waals surface area (Å²) in [5.74, 6) is -0.704. The molecule has 1 aromatic carbocycles. The number of hydrogen-bond acceptors (Lipinski definition) is 15. The summed E-state index contributed by atoms with van der Waals surface area (Å²) >= 11 is 0. The van der Waals surface area contributed by atoms with Gasteiger partial charge in [0.25, 0.3) is 5.56 Å². The molecule has 2 aliphatic rings. The van der Waals surface area contributed by atoms with Gasteiger partial charge in [-0.1, -0.05) is 26.7 Å². The second kappa shape index (κ2) is 23.5. The average molecular weight is 883 g/mol. The summed E-state index contributed by atoms with van der Waals surface area (Å²) in [7, 11) is 0. The van der Waals surface area contributed by atoms with E-state index in [9.17, 15) is 29.1 Å². The van der Waals surface area contributed by atoms with Gasteiger partial charge in [0.05, 0.1) is 88.3 Å². The molecule has 18 nitrogen and oxygen atoms in total. The van der Waals surface area contributed by atoms with Gasteiger partial charge < -0.3 is 58.2 Å². The van der Waals surface area contributed by atoms with Gasteiger partial charge in [0.1, 0.15) is 24.6 Å². The quantitative estimate of drug-likeness (QED) is 0.0462. The van der Waals surface area contributed by atoms with Gasteiger partial charge in [0.15, 0.2) is 5.60 Å². The molecule has 0 saturated carbocycles. The van der Waals surface area contributed by atoms with Gasteiger partial charge in [0, 0.05) is 29.6 Å². The number of nitrogens with one attached hydrogen (secondary N) is 2. The molecule has 2 aromatic heterocycles. The van der Waals surface area contributed by atoms with E-state index in [-0.39, 0.29) is 68.5 Å². The van der Waals surface area contributed by atoms with Crippen molar-refractivity contribution in [3.8, 4) is 17.1 Å². The van der Waals surface area contributed by atoms with Crippen molar-refractivity contribution < 1.29 is 62.2 Å². The van der Waals surface area contributed by atoms with Gasteiger partial charge in [-0.3, -0.25) is 9.59 Å². The molecule has 18 heteroatoms. The van der Waals surface area contributed by atoms with Gasteiger partial charge in [0.2, 0.25) is 0 Å². The van der Waals surface area contributed by atoms with E-state index in [1.807, 2.05) is 27.7 Å². The summed E-state index contributed by atoms with van der Waals surface area (Å²) < 4.78 is 44.4. The fourth-order valence-corrected chi connectivity index (χ4v) is 7.29. The van der Waals surface area contributed by atoms with E-state index in [0.717, 1.165) is 42.2 Å². The third-order valence-electron chi connectivity index (χ3n) is 10.4. The van der Waals surface area contributed by atoms with Crippen LogP contribution >= 0.6 is 0 Å². The molecule has 0 spiro atoms. The van der Waals surface area contributed by atoms with Crippen LogP contribution in [0.5, 0.6) is 5.75 Å². The van der Waals surface area contributed by atoms with E-state index in [4.69, 9.17) is 42.9 Å². The molecule has 0 bridgehead atoms. The van der Waals surface area contributed by atoms with Crippen LogP contribution in [0, 0.1) is 0 Å². The van der Waals surface area contributed by atoms with Crippen LogP contribution in [0.2, 0.25) is 0 Å². The molecule has 0 radical (unpaired) electrons. The lowest BCUT2D eigenvalue weighted by atomic mass is 9.86.